The quantitative estimate of drug-likeness (QED) is 0.345. The Kier molecular flexibility index (Phi) is 6.94. The number of rotatable bonds is 6. The van der Waals surface area contributed by atoms with Crippen LogP contribution in [0.5, 0.6) is 5.75 Å². The van der Waals surface area contributed by atoms with Crippen molar-refractivity contribution in [3.63, 3.8) is 0 Å². The predicted molar refractivity (Wildman–Crippen MR) is 153 cm³/mol. The Bertz CT molecular complexity index is 1230. The summed E-state index contributed by atoms with van der Waals surface area (Å²) < 4.78 is 8.85. The van der Waals surface area contributed by atoms with Crippen LogP contribution in [0.4, 0.5) is 5.69 Å². The molecule has 37 heavy (non-hydrogen) atoms. The highest BCUT2D eigenvalue weighted by atomic mass is 32.1. The molecule has 0 radical (unpaired) electrons. The normalized spacial score (nSPS) is 23.0. The maximum Gasteiger partial charge on any atom is 0.174 e. The van der Waals surface area contributed by atoms with Crippen LogP contribution >= 0.6 is 12.2 Å². The van der Waals surface area contributed by atoms with E-state index in [2.05, 4.69) is 71.1 Å². The van der Waals surface area contributed by atoms with Gasteiger partial charge < -0.3 is 19.5 Å². The summed E-state index contributed by atoms with van der Waals surface area (Å²) in [6, 6.07) is 17.7. The predicted octanol–water partition coefficient (Wildman–Crippen LogP) is 7.50. The van der Waals surface area contributed by atoms with E-state index < -0.39 is 0 Å². The lowest BCUT2D eigenvalue weighted by Crippen LogP contribution is -2.29. The monoisotopic (exact) mass is 514 g/mol. The van der Waals surface area contributed by atoms with Crippen LogP contribution in [0.3, 0.4) is 0 Å². The fourth-order valence-corrected chi connectivity index (χ4v) is 7.18. The van der Waals surface area contributed by atoms with Crippen LogP contribution in [0.25, 0.3) is 0 Å². The van der Waals surface area contributed by atoms with E-state index in [-0.39, 0.29) is 12.1 Å². The van der Waals surface area contributed by atoms with Crippen molar-refractivity contribution in [2.24, 2.45) is 0 Å². The highest BCUT2D eigenvalue weighted by Crippen LogP contribution is 2.45. The molecule has 194 valence electrons. The molecule has 3 fully saturated rings. The molecule has 5 nitrogen and oxygen atoms in total. The average Bonchev–Trinajstić information content (AvgIpc) is 3.63. The van der Waals surface area contributed by atoms with Gasteiger partial charge in [-0.3, -0.25) is 4.98 Å². The van der Waals surface area contributed by atoms with E-state index in [1.165, 1.54) is 61.9 Å². The molecule has 3 aromatic rings. The molecule has 1 aromatic carbocycles. The van der Waals surface area contributed by atoms with Crippen LogP contribution < -0.4 is 15.0 Å². The van der Waals surface area contributed by atoms with Crippen molar-refractivity contribution in [2.45, 2.75) is 95.9 Å². The third-order valence-corrected chi connectivity index (χ3v) is 8.91. The van der Waals surface area contributed by atoms with Gasteiger partial charge in [-0.1, -0.05) is 25.3 Å². The van der Waals surface area contributed by atoms with Crippen molar-refractivity contribution < 1.29 is 4.74 Å². The number of nitrogens with zero attached hydrogens (tertiary/aromatic N) is 3. The Balaban J connectivity index is 1.37. The van der Waals surface area contributed by atoms with Gasteiger partial charge in [-0.05, 0) is 113 Å². The molecule has 1 aliphatic heterocycles. The molecular formula is C31H38N4OS. The van der Waals surface area contributed by atoms with Gasteiger partial charge in [-0.2, -0.15) is 0 Å². The minimum atomic E-state index is -0.0246. The molecular weight excluding hydrogens is 476 g/mol. The van der Waals surface area contributed by atoms with Gasteiger partial charge in [0.25, 0.3) is 0 Å². The van der Waals surface area contributed by atoms with Crippen LogP contribution in [-0.4, -0.2) is 20.8 Å². The standard InChI is InChI=1S/C31H38N4OS/c1-21-20-27(22(2)34(21)23-10-4-3-5-11-23)30-29(28-14-8-9-19-32-28)33-31(37)35(30)24-15-17-26(18-16-24)36-25-12-6-7-13-25/h8-9,14-20,23,25,29-30H,3-7,10-13H2,1-2H3,(H,33,37)/t29-,30+/m1/s1. The second kappa shape index (κ2) is 10.5. The highest BCUT2D eigenvalue weighted by Gasteiger charge is 2.42. The number of aromatic nitrogens is 2. The number of ether oxygens (including phenoxy) is 1. The molecule has 1 N–H and O–H groups in total. The van der Waals surface area contributed by atoms with Gasteiger partial charge in [-0.15, -0.1) is 0 Å². The average molecular weight is 515 g/mol. The first-order chi connectivity index (χ1) is 18.1. The van der Waals surface area contributed by atoms with Gasteiger partial charge in [0, 0.05) is 29.3 Å². The molecule has 3 heterocycles. The fraction of sp³-hybridized carbons (Fsp3) is 0.484. The van der Waals surface area contributed by atoms with Crippen molar-refractivity contribution in [2.75, 3.05) is 4.90 Å². The number of thiocarbonyl (C=S) groups is 1. The van der Waals surface area contributed by atoms with Gasteiger partial charge in [0.15, 0.2) is 5.11 Å². The molecule has 0 bridgehead atoms. The van der Waals surface area contributed by atoms with E-state index >= 15 is 0 Å². The summed E-state index contributed by atoms with van der Waals surface area (Å²) in [6.45, 7) is 4.56. The molecule has 1 saturated heterocycles. The molecule has 3 aliphatic rings. The Hall–Kier alpha value is -2.86. The highest BCUT2D eigenvalue weighted by molar-refractivity contribution is 7.80. The Morgan fingerprint density at radius 2 is 1.65 bits per heavy atom. The third-order valence-electron chi connectivity index (χ3n) is 8.60. The smallest absolute Gasteiger partial charge is 0.174 e. The van der Waals surface area contributed by atoms with Crippen molar-refractivity contribution in [3.8, 4) is 5.75 Å². The van der Waals surface area contributed by atoms with Crippen molar-refractivity contribution in [1.82, 2.24) is 14.9 Å². The fourth-order valence-electron chi connectivity index (χ4n) is 6.84. The maximum absolute atomic E-state index is 6.25. The van der Waals surface area contributed by atoms with Gasteiger partial charge in [-0.25, -0.2) is 0 Å². The molecule has 0 unspecified atom stereocenters. The van der Waals surface area contributed by atoms with Gasteiger partial charge in [0.05, 0.1) is 23.9 Å². The Morgan fingerprint density at radius 3 is 2.35 bits per heavy atom. The molecule has 6 heteroatoms. The summed E-state index contributed by atoms with van der Waals surface area (Å²) >= 11 is 5.98. The maximum atomic E-state index is 6.25. The van der Waals surface area contributed by atoms with E-state index in [0.717, 1.165) is 35.1 Å². The molecule has 6 rings (SSSR count). The number of hydrogen-bond acceptors (Lipinski definition) is 3. The van der Waals surface area contributed by atoms with Crippen molar-refractivity contribution in [3.05, 3.63) is 77.4 Å². The number of anilines is 1. The van der Waals surface area contributed by atoms with Gasteiger partial charge >= 0.3 is 0 Å². The lowest BCUT2D eigenvalue weighted by Gasteiger charge is -2.30. The van der Waals surface area contributed by atoms with E-state index in [0.29, 0.717) is 12.1 Å². The first kappa shape index (κ1) is 24.5. The largest absolute Gasteiger partial charge is 0.490 e. The summed E-state index contributed by atoms with van der Waals surface area (Å²) in [5.74, 6) is 0.946. The molecule has 2 atom stereocenters. The summed E-state index contributed by atoms with van der Waals surface area (Å²) in [5, 5.41) is 4.37. The molecule has 2 saturated carbocycles. The van der Waals surface area contributed by atoms with E-state index in [1.807, 2.05) is 12.3 Å². The third kappa shape index (κ3) is 4.76. The van der Waals surface area contributed by atoms with Crippen LogP contribution in [0.15, 0.2) is 54.7 Å². The number of nitrogens with one attached hydrogen (secondary N) is 1. The zero-order valence-electron chi connectivity index (χ0n) is 22.0. The lowest BCUT2D eigenvalue weighted by molar-refractivity contribution is 0.210. The molecule has 0 amide bonds. The van der Waals surface area contributed by atoms with Crippen LogP contribution in [0.2, 0.25) is 0 Å². The molecule has 2 aliphatic carbocycles. The zero-order chi connectivity index (χ0) is 25.4. The van der Waals surface area contributed by atoms with Gasteiger partial charge in [0.1, 0.15) is 5.75 Å². The minimum Gasteiger partial charge on any atom is -0.490 e. The number of hydrogen-bond donors (Lipinski definition) is 1. The first-order valence-electron chi connectivity index (χ1n) is 14.1. The SMILES string of the molecule is Cc1cc([C@H]2[C@@H](c3ccccn3)NC(=S)N2c2ccc(OC3CCCC3)cc2)c(C)n1C1CCCCC1. The Morgan fingerprint density at radius 1 is 0.919 bits per heavy atom. The number of pyridine rings is 1. The first-order valence-corrected chi connectivity index (χ1v) is 14.5. The summed E-state index contributed by atoms with van der Waals surface area (Å²) in [6.07, 6.45) is 13.6. The second-order valence-corrected chi connectivity index (χ2v) is 11.4. The second-order valence-electron chi connectivity index (χ2n) is 11.0. The lowest BCUT2D eigenvalue weighted by atomic mass is 9.94. The van der Waals surface area contributed by atoms with E-state index in [4.69, 9.17) is 21.9 Å². The van der Waals surface area contributed by atoms with E-state index in [1.54, 1.807) is 0 Å². The summed E-state index contributed by atoms with van der Waals surface area (Å²) in [5.41, 5.74) is 6.13. The van der Waals surface area contributed by atoms with Crippen molar-refractivity contribution in [1.29, 1.82) is 0 Å². The van der Waals surface area contributed by atoms with Crippen molar-refractivity contribution >= 4 is 23.0 Å². The topological polar surface area (TPSA) is 42.3 Å². The zero-order valence-corrected chi connectivity index (χ0v) is 22.8. The number of aryl methyl sites for hydroxylation is 1. The molecule has 0 spiro atoms. The summed E-state index contributed by atoms with van der Waals surface area (Å²) in [4.78, 5) is 7.04. The van der Waals surface area contributed by atoms with Crippen LogP contribution in [0, 0.1) is 13.8 Å². The summed E-state index contributed by atoms with van der Waals surface area (Å²) in [7, 11) is 0. The number of benzene rings is 1. The Labute approximate surface area is 226 Å². The van der Waals surface area contributed by atoms with Crippen LogP contribution in [0.1, 0.15) is 98.6 Å². The molecule has 2 aromatic heterocycles. The van der Waals surface area contributed by atoms with Gasteiger partial charge in [0.2, 0.25) is 0 Å². The minimum absolute atomic E-state index is 0.0209. The van der Waals surface area contributed by atoms with E-state index in [9.17, 15) is 0 Å². The van der Waals surface area contributed by atoms with Crippen LogP contribution in [-0.2, 0) is 0 Å².